The van der Waals surface area contributed by atoms with Crippen molar-refractivity contribution >= 4 is 17.7 Å². The van der Waals surface area contributed by atoms with Gasteiger partial charge in [-0.05, 0) is 36.8 Å². The van der Waals surface area contributed by atoms with Crippen molar-refractivity contribution in [3.8, 4) is 5.69 Å². The third-order valence-corrected chi connectivity index (χ3v) is 4.53. The van der Waals surface area contributed by atoms with E-state index in [4.69, 9.17) is 0 Å². The minimum absolute atomic E-state index is 0.00122. The molecule has 6 heteroatoms. The van der Waals surface area contributed by atoms with Gasteiger partial charge < -0.3 is 9.88 Å². The molecule has 122 valence electrons. The predicted octanol–water partition coefficient (Wildman–Crippen LogP) is 3.06. The van der Waals surface area contributed by atoms with Crippen LogP contribution in [0.5, 0.6) is 0 Å². The fourth-order valence-electron chi connectivity index (χ4n) is 2.22. The fraction of sp³-hybridized carbons (Fsp3) is 0.167. The van der Waals surface area contributed by atoms with Gasteiger partial charge in [-0.15, -0.1) is 0 Å². The summed E-state index contributed by atoms with van der Waals surface area (Å²) in [5.74, 6) is -0.00122. The zero-order valence-corrected chi connectivity index (χ0v) is 14.1. The van der Waals surface area contributed by atoms with Crippen LogP contribution in [0.1, 0.15) is 12.5 Å². The highest BCUT2D eigenvalue weighted by molar-refractivity contribution is 8.00. The number of pyridine rings is 1. The number of aromatic nitrogens is 3. The van der Waals surface area contributed by atoms with Crippen molar-refractivity contribution in [3.05, 3.63) is 72.9 Å². The third-order valence-electron chi connectivity index (χ3n) is 3.48. The molecule has 1 aromatic carbocycles. The molecule has 5 nitrogen and oxygen atoms in total. The Morgan fingerprint density at radius 2 is 2.17 bits per heavy atom. The van der Waals surface area contributed by atoms with Crippen LogP contribution in [0.25, 0.3) is 5.69 Å². The zero-order valence-electron chi connectivity index (χ0n) is 13.3. The molecule has 1 N–H and O–H groups in total. The Kier molecular flexibility index (Phi) is 5.28. The second kappa shape index (κ2) is 7.79. The van der Waals surface area contributed by atoms with Gasteiger partial charge in [0, 0.05) is 30.8 Å². The van der Waals surface area contributed by atoms with Crippen LogP contribution < -0.4 is 5.32 Å². The molecule has 0 aliphatic rings. The molecule has 24 heavy (non-hydrogen) atoms. The Morgan fingerprint density at radius 3 is 2.92 bits per heavy atom. The van der Waals surface area contributed by atoms with E-state index in [2.05, 4.69) is 15.3 Å². The monoisotopic (exact) mass is 338 g/mol. The summed E-state index contributed by atoms with van der Waals surface area (Å²) in [6.45, 7) is 2.38. The van der Waals surface area contributed by atoms with Crippen molar-refractivity contribution < 1.29 is 4.79 Å². The number of hydrogen-bond acceptors (Lipinski definition) is 4. The number of nitrogens with one attached hydrogen (secondary N) is 1. The SMILES string of the molecule is C[C@@H](Sc1ccccn1)C(=O)NCc1cccc(-n2ccnc2)c1. The van der Waals surface area contributed by atoms with E-state index in [0.717, 1.165) is 16.3 Å². The van der Waals surface area contributed by atoms with E-state index in [1.807, 2.05) is 60.2 Å². The lowest BCUT2D eigenvalue weighted by Crippen LogP contribution is -2.30. The molecule has 3 aromatic rings. The van der Waals surface area contributed by atoms with E-state index in [9.17, 15) is 4.79 Å². The highest BCUT2D eigenvalue weighted by Crippen LogP contribution is 2.20. The summed E-state index contributed by atoms with van der Waals surface area (Å²) in [7, 11) is 0. The number of rotatable bonds is 6. The maximum atomic E-state index is 12.3. The number of thioether (sulfide) groups is 1. The van der Waals surface area contributed by atoms with E-state index >= 15 is 0 Å². The summed E-state index contributed by atoms with van der Waals surface area (Å²) < 4.78 is 1.94. The quantitative estimate of drug-likeness (QED) is 0.702. The van der Waals surface area contributed by atoms with Crippen LogP contribution in [-0.2, 0) is 11.3 Å². The first-order valence-electron chi connectivity index (χ1n) is 7.65. The van der Waals surface area contributed by atoms with Gasteiger partial charge in [-0.25, -0.2) is 9.97 Å². The number of benzene rings is 1. The van der Waals surface area contributed by atoms with Crippen molar-refractivity contribution in [2.24, 2.45) is 0 Å². The average molecular weight is 338 g/mol. The second-order valence-corrected chi connectivity index (χ2v) is 6.65. The lowest BCUT2D eigenvalue weighted by Gasteiger charge is -2.12. The first-order chi connectivity index (χ1) is 11.7. The predicted molar refractivity (Wildman–Crippen MR) is 95.0 cm³/mol. The molecule has 0 unspecified atom stereocenters. The second-order valence-electron chi connectivity index (χ2n) is 5.29. The molecular formula is C18H18N4OS. The number of imidazole rings is 1. The van der Waals surface area contributed by atoms with Gasteiger partial charge in [0.05, 0.1) is 16.6 Å². The van der Waals surface area contributed by atoms with Crippen LogP contribution in [0.2, 0.25) is 0 Å². The lowest BCUT2D eigenvalue weighted by atomic mass is 10.2. The molecule has 2 heterocycles. The topological polar surface area (TPSA) is 59.8 Å². The number of carbonyl (C=O) groups excluding carboxylic acids is 1. The highest BCUT2D eigenvalue weighted by atomic mass is 32.2. The van der Waals surface area contributed by atoms with E-state index in [-0.39, 0.29) is 11.2 Å². The first kappa shape index (κ1) is 16.3. The summed E-state index contributed by atoms with van der Waals surface area (Å²) in [5, 5.41) is 3.63. The molecule has 3 rings (SSSR count). The van der Waals surface area contributed by atoms with Gasteiger partial charge in [-0.1, -0.05) is 30.0 Å². The molecule has 0 saturated heterocycles. The van der Waals surface area contributed by atoms with Crippen LogP contribution >= 0.6 is 11.8 Å². The van der Waals surface area contributed by atoms with Gasteiger partial charge in [0.1, 0.15) is 0 Å². The maximum Gasteiger partial charge on any atom is 0.233 e. The van der Waals surface area contributed by atoms with Gasteiger partial charge >= 0.3 is 0 Å². The Bertz CT molecular complexity index is 790. The minimum atomic E-state index is -0.197. The molecule has 0 aliphatic carbocycles. The van der Waals surface area contributed by atoms with Crippen molar-refractivity contribution in [2.75, 3.05) is 0 Å². The maximum absolute atomic E-state index is 12.3. The standard InChI is InChI=1S/C18H18N4OS/c1-14(24-17-7-2-3-8-20-17)18(23)21-12-15-5-4-6-16(11-15)22-10-9-19-13-22/h2-11,13-14H,12H2,1H3,(H,21,23)/t14-/m1/s1. The van der Waals surface area contributed by atoms with E-state index in [1.54, 1.807) is 18.7 Å². The van der Waals surface area contributed by atoms with Gasteiger partial charge in [-0.2, -0.15) is 0 Å². The average Bonchev–Trinajstić information content (AvgIpc) is 3.15. The van der Waals surface area contributed by atoms with Gasteiger partial charge in [0.2, 0.25) is 5.91 Å². The van der Waals surface area contributed by atoms with Crippen LogP contribution in [0.3, 0.4) is 0 Å². The van der Waals surface area contributed by atoms with Gasteiger partial charge in [0.15, 0.2) is 0 Å². The molecule has 1 atom stereocenters. The normalized spacial score (nSPS) is 11.9. The molecule has 0 bridgehead atoms. The van der Waals surface area contributed by atoms with Crippen LogP contribution in [0.15, 0.2) is 72.4 Å². The van der Waals surface area contributed by atoms with Crippen LogP contribution in [-0.4, -0.2) is 25.7 Å². The Labute approximate surface area is 145 Å². The van der Waals surface area contributed by atoms with Gasteiger partial charge in [-0.3, -0.25) is 4.79 Å². The summed E-state index contributed by atoms with van der Waals surface area (Å²) in [6, 6.07) is 13.7. The molecule has 0 radical (unpaired) electrons. The Balaban J connectivity index is 1.57. The van der Waals surface area contributed by atoms with Gasteiger partial charge in [0.25, 0.3) is 0 Å². The van der Waals surface area contributed by atoms with E-state index in [0.29, 0.717) is 6.54 Å². The smallest absolute Gasteiger partial charge is 0.233 e. The summed E-state index contributed by atoms with van der Waals surface area (Å²) in [4.78, 5) is 20.5. The fourth-order valence-corrected chi connectivity index (χ4v) is 3.05. The summed E-state index contributed by atoms with van der Waals surface area (Å²) in [5.41, 5.74) is 2.07. The Hall–Kier alpha value is -2.60. The molecule has 2 aromatic heterocycles. The number of carbonyl (C=O) groups is 1. The lowest BCUT2D eigenvalue weighted by molar-refractivity contribution is -0.120. The minimum Gasteiger partial charge on any atom is -0.351 e. The summed E-state index contributed by atoms with van der Waals surface area (Å²) >= 11 is 1.45. The molecular weight excluding hydrogens is 320 g/mol. The molecule has 0 fully saturated rings. The zero-order chi connectivity index (χ0) is 16.8. The van der Waals surface area contributed by atoms with E-state index < -0.39 is 0 Å². The van der Waals surface area contributed by atoms with Crippen molar-refractivity contribution in [1.82, 2.24) is 19.9 Å². The summed E-state index contributed by atoms with van der Waals surface area (Å²) in [6.07, 6.45) is 7.12. The van der Waals surface area contributed by atoms with Crippen molar-refractivity contribution in [1.29, 1.82) is 0 Å². The molecule has 0 spiro atoms. The number of nitrogens with zero attached hydrogens (tertiary/aromatic N) is 3. The third kappa shape index (κ3) is 4.23. The van der Waals surface area contributed by atoms with Crippen molar-refractivity contribution in [2.45, 2.75) is 23.7 Å². The Morgan fingerprint density at radius 1 is 1.25 bits per heavy atom. The number of amides is 1. The molecule has 1 amide bonds. The molecule has 0 saturated carbocycles. The van der Waals surface area contributed by atoms with E-state index in [1.165, 1.54) is 11.8 Å². The van der Waals surface area contributed by atoms with Crippen LogP contribution in [0.4, 0.5) is 0 Å². The van der Waals surface area contributed by atoms with Crippen molar-refractivity contribution in [3.63, 3.8) is 0 Å². The largest absolute Gasteiger partial charge is 0.351 e. The first-order valence-corrected chi connectivity index (χ1v) is 8.53. The molecule has 0 aliphatic heterocycles. The van der Waals surface area contributed by atoms with Crippen LogP contribution in [0, 0.1) is 0 Å². The number of hydrogen-bond donors (Lipinski definition) is 1. The highest BCUT2D eigenvalue weighted by Gasteiger charge is 2.14.